The maximum atomic E-state index is 11.1. The second-order valence-electron chi connectivity index (χ2n) is 1.20. The second-order valence-corrected chi connectivity index (χ2v) is 4.56. The van der Waals surface area contributed by atoms with E-state index in [1.54, 1.807) is 0 Å². The van der Waals surface area contributed by atoms with E-state index in [0.29, 0.717) is 0 Å². The lowest BCUT2D eigenvalue weighted by atomic mass is 11.4. The fraction of sp³-hybridized carbons (Fsp3) is 1.00. The van der Waals surface area contributed by atoms with Crippen LogP contribution in [0, 0.1) is 0 Å². The molecule has 0 aliphatic heterocycles. The summed E-state index contributed by atoms with van der Waals surface area (Å²) in [4.78, 5) is 0. The number of rotatable bonds is 2. The molecule has 3 nitrogen and oxygen atoms in total. The SMILES string of the molecule is O=S(=O)(CI)OC(F)(F)F. The third kappa shape index (κ3) is 5.23. The van der Waals surface area contributed by atoms with Crippen molar-refractivity contribution in [1.29, 1.82) is 0 Å². The largest absolute Gasteiger partial charge is 0.537 e. The Morgan fingerprint density at radius 2 is 1.80 bits per heavy atom. The maximum absolute atomic E-state index is 11.1. The number of halogens is 4. The first-order chi connectivity index (χ1) is 4.27. The Balaban J connectivity index is 4.18. The average molecular weight is 290 g/mol. The minimum atomic E-state index is -5.11. The van der Waals surface area contributed by atoms with Gasteiger partial charge in [-0.15, -0.1) is 13.2 Å². The van der Waals surface area contributed by atoms with E-state index in [1.807, 2.05) is 0 Å². The average Bonchev–Trinajstić information content (AvgIpc) is 1.60. The van der Waals surface area contributed by atoms with E-state index < -0.39 is 20.2 Å². The van der Waals surface area contributed by atoms with Gasteiger partial charge in [-0.25, -0.2) is 0 Å². The first-order valence-electron chi connectivity index (χ1n) is 1.83. The van der Waals surface area contributed by atoms with Gasteiger partial charge in [0.15, 0.2) is 0 Å². The fourth-order valence-corrected chi connectivity index (χ4v) is 0.880. The van der Waals surface area contributed by atoms with Crippen molar-refractivity contribution in [2.45, 2.75) is 6.36 Å². The second kappa shape index (κ2) is 3.22. The molecular weight excluding hydrogens is 288 g/mol. The molecule has 0 aromatic heterocycles. The summed E-state index contributed by atoms with van der Waals surface area (Å²) in [5.74, 6) is 0. The van der Waals surface area contributed by atoms with Crippen LogP contribution in [0.4, 0.5) is 13.2 Å². The van der Waals surface area contributed by atoms with Crippen LogP contribution in [0.15, 0.2) is 0 Å². The van der Waals surface area contributed by atoms with Crippen molar-refractivity contribution in [1.82, 2.24) is 0 Å². The Morgan fingerprint density at radius 3 is 1.90 bits per heavy atom. The van der Waals surface area contributed by atoms with E-state index in [9.17, 15) is 21.6 Å². The molecule has 0 amide bonds. The molecule has 10 heavy (non-hydrogen) atoms. The van der Waals surface area contributed by atoms with Crippen molar-refractivity contribution in [2.24, 2.45) is 0 Å². The van der Waals surface area contributed by atoms with Crippen molar-refractivity contribution in [3.8, 4) is 0 Å². The van der Waals surface area contributed by atoms with Gasteiger partial charge < -0.3 is 0 Å². The van der Waals surface area contributed by atoms with Crippen molar-refractivity contribution in [3.05, 3.63) is 0 Å². The molecule has 0 heterocycles. The molecule has 62 valence electrons. The fourth-order valence-electron chi connectivity index (χ4n) is 0.166. The van der Waals surface area contributed by atoms with Gasteiger partial charge in [-0.05, 0) is 0 Å². The maximum Gasteiger partial charge on any atom is 0.537 e. The van der Waals surface area contributed by atoms with Crippen LogP contribution in [0.3, 0.4) is 0 Å². The van der Waals surface area contributed by atoms with Gasteiger partial charge in [0, 0.05) is 0 Å². The van der Waals surface area contributed by atoms with E-state index in [-0.39, 0.29) is 0 Å². The van der Waals surface area contributed by atoms with E-state index in [1.165, 1.54) is 22.6 Å². The van der Waals surface area contributed by atoms with Crippen LogP contribution >= 0.6 is 22.6 Å². The molecular formula is C2H2F3IO3S. The Morgan fingerprint density at radius 1 is 1.40 bits per heavy atom. The molecule has 0 aromatic rings. The minimum Gasteiger partial charge on any atom is -0.198 e. The standard InChI is InChI=1S/C2H2F3IO3S/c3-2(4,5)9-10(7,8)1-6/h1H2. The van der Waals surface area contributed by atoms with Gasteiger partial charge in [-0.1, -0.05) is 22.6 Å². The summed E-state index contributed by atoms with van der Waals surface area (Å²) >= 11 is 1.26. The van der Waals surface area contributed by atoms with Crippen LogP contribution in [0.2, 0.25) is 0 Å². The topological polar surface area (TPSA) is 43.4 Å². The summed E-state index contributed by atoms with van der Waals surface area (Å²) < 4.78 is 55.6. The third-order valence-corrected chi connectivity index (χ3v) is 3.35. The van der Waals surface area contributed by atoms with Crippen molar-refractivity contribution in [3.63, 3.8) is 0 Å². The summed E-state index contributed by atoms with van der Waals surface area (Å²) in [7, 11) is -4.42. The van der Waals surface area contributed by atoms with Gasteiger partial charge in [0.05, 0.1) is 0 Å². The zero-order valence-electron chi connectivity index (χ0n) is 4.35. The van der Waals surface area contributed by atoms with E-state index in [4.69, 9.17) is 0 Å². The van der Waals surface area contributed by atoms with Crippen LogP contribution in [-0.4, -0.2) is 18.5 Å². The van der Waals surface area contributed by atoms with Gasteiger partial charge >= 0.3 is 6.36 Å². The summed E-state index contributed by atoms with van der Waals surface area (Å²) in [6, 6.07) is 0. The highest BCUT2D eigenvalue weighted by molar-refractivity contribution is 14.1. The number of hydrogen-bond donors (Lipinski definition) is 0. The molecule has 0 aliphatic carbocycles. The molecule has 0 atom stereocenters. The molecule has 8 heteroatoms. The van der Waals surface area contributed by atoms with Crippen molar-refractivity contribution in [2.75, 3.05) is 3.76 Å². The normalized spacial score (nSPS) is 13.6. The van der Waals surface area contributed by atoms with Gasteiger partial charge in [0.2, 0.25) is 0 Å². The third-order valence-electron chi connectivity index (χ3n) is 0.355. The van der Waals surface area contributed by atoms with Crippen molar-refractivity contribution < 1.29 is 25.8 Å². The first kappa shape index (κ1) is 10.4. The highest BCUT2D eigenvalue weighted by atomic mass is 127. The van der Waals surface area contributed by atoms with Crippen LogP contribution in [0.1, 0.15) is 0 Å². The van der Waals surface area contributed by atoms with Gasteiger partial charge in [-0.2, -0.15) is 12.6 Å². The zero-order chi connectivity index (χ0) is 8.41. The monoisotopic (exact) mass is 290 g/mol. The molecule has 0 radical (unpaired) electrons. The van der Waals surface area contributed by atoms with E-state index in [2.05, 4.69) is 4.18 Å². The van der Waals surface area contributed by atoms with Gasteiger partial charge in [0.1, 0.15) is 3.76 Å². The smallest absolute Gasteiger partial charge is 0.198 e. The molecule has 0 aliphatic rings. The molecule has 0 saturated heterocycles. The zero-order valence-corrected chi connectivity index (χ0v) is 7.33. The van der Waals surface area contributed by atoms with Gasteiger partial charge in [-0.3, -0.25) is 0 Å². The summed E-state index contributed by atoms with van der Waals surface area (Å²) in [5.41, 5.74) is 0. The van der Waals surface area contributed by atoms with Crippen molar-refractivity contribution >= 4 is 32.7 Å². The molecule has 0 N–H and O–H groups in total. The van der Waals surface area contributed by atoms with Crippen LogP contribution in [-0.2, 0) is 14.3 Å². The number of hydrogen-bond acceptors (Lipinski definition) is 3. The Labute approximate surface area is 68.8 Å². The van der Waals surface area contributed by atoms with E-state index >= 15 is 0 Å². The summed E-state index contributed by atoms with van der Waals surface area (Å²) in [6.07, 6.45) is -5.11. The van der Waals surface area contributed by atoms with E-state index in [0.717, 1.165) is 0 Å². The molecule has 0 fully saturated rings. The Hall–Kier alpha value is 0.430. The Bertz CT molecular complexity index is 194. The quantitative estimate of drug-likeness (QED) is 0.436. The minimum absolute atomic E-state index is 0.718. The van der Waals surface area contributed by atoms with Crippen LogP contribution < -0.4 is 0 Å². The molecule has 0 unspecified atom stereocenters. The lowest BCUT2D eigenvalue weighted by molar-refractivity contribution is -0.271. The Kier molecular flexibility index (Phi) is 3.36. The molecule has 0 saturated carbocycles. The number of alkyl halides is 4. The molecule has 0 bridgehead atoms. The first-order valence-corrected chi connectivity index (χ1v) is 4.93. The highest BCUT2D eigenvalue weighted by Gasteiger charge is 2.36. The molecule has 0 spiro atoms. The van der Waals surface area contributed by atoms with Gasteiger partial charge in [0.25, 0.3) is 10.1 Å². The summed E-state index contributed by atoms with van der Waals surface area (Å²) in [5, 5.41) is 0. The predicted molar refractivity (Wildman–Crippen MR) is 34.9 cm³/mol. The molecule has 0 rings (SSSR count). The lowest BCUT2D eigenvalue weighted by Crippen LogP contribution is -2.20. The highest BCUT2D eigenvalue weighted by Crippen LogP contribution is 2.20. The predicted octanol–water partition coefficient (Wildman–Crippen LogP) is 1.25. The molecule has 0 aromatic carbocycles. The summed E-state index contributed by atoms with van der Waals surface area (Å²) in [6.45, 7) is 0. The van der Waals surface area contributed by atoms with Crippen LogP contribution in [0.5, 0.6) is 0 Å². The van der Waals surface area contributed by atoms with Crippen LogP contribution in [0.25, 0.3) is 0 Å². The lowest BCUT2D eigenvalue weighted by Gasteiger charge is -2.03.